The number of hydrogen-bond donors (Lipinski definition) is 2. The fourth-order valence-corrected chi connectivity index (χ4v) is 3.98. The molecule has 4 nitrogen and oxygen atoms in total. The maximum atomic E-state index is 12.3. The highest BCUT2D eigenvalue weighted by Crippen LogP contribution is 2.31. The van der Waals surface area contributed by atoms with Gasteiger partial charge in [0.15, 0.2) is 5.60 Å². The largest absolute Gasteiger partial charge is 0.459 e. The molecule has 21 heavy (non-hydrogen) atoms. The average molecular weight is 305 g/mol. The standard InChI is InChI=1S/C16H19NO3S/c1-10-12-5-3-4-6-13(12)20-14(10)11(2)17-15(18)16(19)7-8-21-9-16/h3-6,11,19H,7-9H2,1-2H3,(H,17,18). The van der Waals surface area contributed by atoms with Crippen LogP contribution in [0.5, 0.6) is 0 Å². The average Bonchev–Trinajstić information content (AvgIpc) is 3.05. The first-order valence-corrected chi connectivity index (χ1v) is 8.26. The SMILES string of the molecule is Cc1c(C(C)NC(=O)C2(O)CCSC2)oc2ccccc12. The molecule has 0 saturated carbocycles. The van der Waals surface area contributed by atoms with Crippen molar-refractivity contribution < 1.29 is 14.3 Å². The molecule has 0 spiro atoms. The molecule has 1 aromatic carbocycles. The number of furan rings is 1. The normalized spacial score (nSPS) is 23.4. The Bertz CT molecular complexity index is 673. The summed E-state index contributed by atoms with van der Waals surface area (Å²) in [6.45, 7) is 3.87. The van der Waals surface area contributed by atoms with E-state index in [0.29, 0.717) is 12.2 Å². The molecule has 0 radical (unpaired) electrons. The molecule has 1 aliphatic rings. The minimum Gasteiger partial charge on any atom is -0.459 e. The van der Waals surface area contributed by atoms with Gasteiger partial charge in [0.2, 0.25) is 0 Å². The fourth-order valence-electron chi connectivity index (χ4n) is 2.74. The zero-order valence-electron chi connectivity index (χ0n) is 12.2. The van der Waals surface area contributed by atoms with E-state index in [2.05, 4.69) is 5.32 Å². The summed E-state index contributed by atoms with van der Waals surface area (Å²) in [6.07, 6.45) is 0.509. The molecule has 2 N–H and O–H groups in total. The number of carbonyl (C=O) groups is 1. The van der Waals surface area contributed by atoms with Gasteiger partial charge in [-0.1, -0.05) is 18.2 Å². The van der Waals surface area contributed by atoms with Gasteiger partial charge in [-0.05, 0) is 32.1 Å². The van der Waals surface area contributed by atoms with Gasteiger partial charge in [-0.25, -0.2) is 0 Å². The number of amides is 1. The lowest BCUT2D eigenvalue weighted by Gasteiger charge is -2.22. The van der Waals surface area contributed by atoms with Gasteiger partial charge in [0.05, 0.1) is 6.04 Å². The number of aryl methyl sites for hydroxylation is 1. The molecule has 1 aromatic heterocycles. The van der Waals surface area contributed by atoms with Crippen LogP contribution >= 0.6 is 11.8 Å². The lowest BCUT2D eigenvalue weighted by molar-refractivity contribution is -0.138. The van der Waals surface area contributed by atoms with Crippen molar-refractivity contribution in [3.8, 4) is 0 Å². The van der Waals surface area contributed by atoms with E-state index in [9.17, 15) is 9.90 Å². The predicted molar refractivity (Wildman–Crippen MR) is 84.4 cm³/mol. The summed E-state index contributed by atoms with van der Waals surface area (Å²) in [7, 11) is 0. The van der Waals surface area contributed by atoms with Crippen LogP contribution < -0.4 is 5.32 Å². The minimum absolute atomic E-state index is 0.264. The third-order valence-electron chi connectivity index (χ3n) is 4.04. The van der Waals surface area contributed by atoms with Gasteiger partial charge in [0.1, 0.15) is 11.3 Å². The number of rotatable bonds is 3. The molecule has 0 aliphatic carbocycles. The predicted octanol–water partition coefficient (Wildman–Crippen LogP) is 2.79. The number of para-hydroxylation sites is 1. The van der Waals surface area contributed by atoms with Crippen molar-refractivity contribution in [2.75, 3.05) is 11.5 Å². The third kappa shape index (κ3) is 2.56. The highest BCUT2D eigenvalue weighted by Gasteiger charge is 2.40. The van der Waals surface area contributed by atoms with Crippen molar-refractivity contribution in [3.63, 3.8) is 0 Å². The molecule has 1 amide bonds. The summed E-state index contributed by atoms with van der Waals surface area (Å²) in [5, 5.41) is 14.2. The molecule has 2 unspecified atom stereocenters. The maximum Gasteiger partial charge on any atom is 0.253 e. The van der Waals surface area contributed by atoms with Gasteiger partial charge in [-0.15, -0.1) is 0 Å². The van der Waals surface area contributed by atoms with Gasteiger partial charge in [-0.2, -0.15) is 11.8 Å². The first-order valence-electron chi connectivity index (χ1n) is 7.10. The Morgan fingerprint density at radius 1 is 1.48 bits per heavy atom. The lowest BCUT2D eigenvalue weighted by Crippen LogP contribution is -2.47. The molecule has 2 aromatic rings. The van der Waals surface area contributed by atoms with Crippen molar-refractivity contribution in [1.82, 2.24) is 5.32 Å². The Kier molecular flexibility index (Phi) is 3.71. The quantitative estimate of drug-likeness (QED) is 0.915. The van der Waals surface area contributed by atoms with Crippen molar-refractivity contribution in [3.05, 3.63) is 35.6 Å². The molecule has 2 heterocycles. The summed E-state index contributed by atoms with van der Waals surface area (Å²) in [5.74, 6) is 1.73. The second-order valence-electron chi connectivity index (χ2n) is 5.62. The summed E-state index contributed by atoms with van der Waals surface area (Å²) < 4.78 is 5.86. The molecule has 2 atom stereocenters. The number of aliphatic hydroxyl groups is 1. The van der Waals surface area contributed by atoms with Crippen LogP contribution in [-0.4, -0.2) is 28.1 Å². The minimum atomic E-state index is -1.24. The van der Waals surface area contributed by atoms with Crippen molar-refractivity contribution in [2.45, 2.75) is 31.9 Å². The summed E-state index contributed by atoms with van der Waals surface area (Å²) in [6, 6.07) is 7.56. The molecule has 1 aliphatic heterocycles. The topological polar surface area (TPSA) is 62.5 Å². The van der Waals surface area contributed by atoms with Crippen LogP contribution in [0.25, 0.3) is 11.0 Å². The van der Waals surface area contributed by atoms with Crippen LogP contribution in [0, 0.1) is 6.92 Å². The van der Waals surface area contributed by atoms with E-state index in [4.69, 9.17) is 4.42 Å². The van der Waals surface area contributed by atoms with Crippen LogP contribution in [0.2, 0.25) is 0 Å². The molecule has 1 saturated heterocycles. The number of hydrogen-bond acceptors (Lipinski definition) is 4. The van der Waals surface area contributed by atoms with E-state index in [0.717, 1.165) is 28.0 Å². The fraction of sp³-hybridized carbons (Fsp3) is 0.438. The summed E-state index contributed by atoms with van der Waals surface area (Å²) in [5.41, 5.74) is 0.617. The third-order valence-corrected chi connectivity index (χ3v) is 5.22. The molecular weight excluding hydrogens is 286 g/mol. The van der Waals surface area contributed by atoms with Crippen molar-refractivity contribution in [2.24, 2.45) is 0 Å². The van der Waals surface area contributed by atoms with E-state index in [1.165, 1.54) is 0 Å². The highest BCUT2D eigenvalue weighted by atomic mass is 32.2. The van der Waals surface area contributed by atoms with Crippen LogP contribution in [0.15, 0.2) is 28.7 Å². The number of fused-ring (bicyclic) bond motifs is 1. The number of carbonyl (C=O) groups excluding carboxylic acids is 1. The maximum absolute atomic E-state index is 12.3. The highest BCUT2D eigenvalue weighted by molar-refractivity contribution is 7.99. The molecular formula is C16H19NO3S. The van der Waals surface area contributed by atoms with Gasteiger partial charge in [-0.3, -0.25) is 4.79 Å². The number of benzene rings is 1. The first-order chi connectivity index (χ1) is 10.0. The van der Waals surface area contributed by atoms with Crippen molar-refractivity contribution in [1.29, 1.82) is 0 Å². The van der Waals surface area contributed by atoms with E-state index >= 15 is 0 Å². The molecule has 112 valence electrons. The molecule has 0 bridgehead atoms. The molecule has 1 fully saturated rings. The molecule has 5 heteroatoms. The smallest absolute Gasteiger partial charge is 0.253 e. The Morgan fingerprint density at radius 3 is 2.90 bits per heavy atom. The van der Waals surface area contributed by atoms with Crippen molar-refractivity contribution >= 4 is 28.6 Å². The Balaban J connectivity index is 1.82. The second kappa shape index (κ2) is 5.39. The Morgan fingerprint density at radius 2 is 2.24 bits per heavy atom. The van der Waals surface area contributed by atoms with E-state index in [1.54, 1.807) is 11.8 Å². The second-order valence-corrected chi connectivity index (χ2v) is 6.72. The molecule has 3 rings (SSSR count). The summed E-state index contributed by atoms with van der Waals surface area (Å²) >= 11 is 1.60. The Hall–Kier alpha value is -1.46. The first kappa shape index (κ1) is 14.5. The van der Waals surface area contributed by atoms with E-state index in [-0.39, 0.29) is 11.9 Å². The zero-order valence-corrected chi connectivity index (χ0v) is 13.0. The van der Waals surface area contributed by atoms with Gasteiger partial charge in [0, 0.05) is 16.7 Å². The van der Waals surface area contributed by atoms with Gasteiger partial charge >= 0.3 is 0 Å². The van der Waals surface area contributed by atoms with E-state index in [1.807, 2.05) is 38.1 Å². The van der Waals surface area contributed by atoms with Crippen LogP contribution in [0.3, 0.4) is 0 Å². The van der Waals surface area contributed by atoms with Crippen LogP contribution in [0.4, 0.5) is 0 Å². The van der Waals surface area contributed by atoms with E-state index < -0.39 is 5.60 Å². The Labute approximate surface area is 127 Å². The summed E-state index contributed by atoms with van der Waals surface area (Å²) in [4.78, 5) is 12.3. The van der Waals surface area contributed by atoms with Gasteiger partial charge in [0.25, 0.3) is 5.91 Å². The van der Waals surface area contributed by atoms with Crippen LogP contribution in [0.1, 0.15) is 30.7 Å². The number of thioether (sulfide) groups is 1. The van der Waals surface area contributed by atoms with Gasteiger partial charge < -0.3 is 14.8 Å². The monoisotopic (exact) mass is 305 g/mol. The van der Waals surface area contributed by atoms with Crippen LogP contribution in [-0.2, 0) is 4.79 Å². The zero-order chi connectivity index (χ0) is 15.0. The number of nitrogens with one attached hydrogen (secondary N) is 1. The lowest BCUT2D eigenvalue weighted by atomic mass is 10.0.